The number of nitrogens with zero attached hydrogens (tertiary/aromatic N) is 2. The molecule has 0 aromatic carbocycles. The van der Waals surface area contributed by atoms with Crippen molar-refractivity contribution in [1.82, 2.24) is 4.98 Å². The molecule has 0 spiro atoms. The van der Waals surface area contributed by atoms with Gasteiger partial charge in [-0.05, 0) is 18.2 Å². The van der Waals surface area contributed by atoms with Crippen molar-refractivity contribution < 1.29 is 9.72 Å². The molecule has 0 atom stereocenters. The predicted molar refractivity (Wildman–Crippen MR) is 59.6 cm³/mol. The van der Waals surface area contributed by atoms with Gasteiger partial charge in [-0.2, -0.15) is 0 Å². The molecular formula is C10H6N2O3S. The molecule has 2 rings (SSSR count). The van der Waals surface area contributed by atoms with Gasteiger partial charge in [0.15, 0.2) is 6.29 Å². The Morgan fingerprint density at radius 1 is 1.38 bits per heavy atom. The third-order valence-electron chi connectivity index (χ3n) is 1.97. The smallest absolute Gasteiger partial charge is 0.298 e. The quantitative estimate of drug-likeness (QED) is 0.464. The van der Waals surface area contributed by atoms with Gasteiger partial charge >= 0.3 is 5.00 Å². The van der Waals surface area contributed by atoms with E-state index in [9.17, 15) is 14.9 Å². The maximum Gasteiger partial charge on any atom is 0.324 e. The summed E-state index contributed by atoms with van der Waals surface area (Å²) < 4.78 is 0. The number of carbonyl (C=O) groups is 1. The number of hydrogen-bond acceptors (Lipinski definition) is 5. The largest absolute Gasteiger partial charge is 0.324 e. The first-order chi connectivity index (χ1) is 7.72. The first kappa shape index (κ1) is 10.4. The molecule has 0 radical (unpaired) electrons. The van der Waals surface area contributed by atoms with Gasteiger partial charge in [0.2, 0.25) is 0 Å². The number of thiophene rings is 1. The van der Waals surface area contributed by atoms with Crippen LogP contribution in [0, 0.1) is 10.1 Å². The highest BCUT2D eigenvalue weighted by Crippen LogP contribution is 2.32. The van der Waals surface area contributed by atoms with E-state index in [1.54, 1.807) is 24.4 Å². The van der Waals surface area contributed by atoms with E-state index < -0.39 is 4.92 Å². The van der Waals surface area contributed by atoms with E-state index in [4.69, 9.17) is 0 Å². The van der Waals surface area contributed by atoms with Gasteiger partial charge in [-0.3, -0.25) is 19.9 Å². The number of nitro groups is 1. The number of carbonyl (C=O) groups excluding carboxylic acids is 1. The minimum Gasteiger partial charge on any atom is -0.298 e. The minimum absolute atomic E-state index is 0.0394. The van der Waals surface area contributed by atoms with E-state index in [-0.39, 0.29) is 5.00 Å². The van der Waals surface area contributed by atoms with Crippen LogP contribution in [0.3, 0.4) is 0 Å². The Bertz CT molecular complexity index is 551. The Hall–Kier alpha value is -2.08. The number of hydrogen-bond donors (Lipinski definition) is 0. The Balaban J connectivity index is 2.50. The molecule has 16 heavy (non-hydrogen) atoms. The fraction of sp³-hybridized carbons (Fsp3) is 0. The molecule has 0 saturated heterocycles. The van der Waals surface area contributed by atoms with Gasteiger partial charge in [-0.25, -0.2) is 0 Å². The predicted octanol–water partition coefficient (Wildman–Crippen LogP) is 2.53. The summed E-state index contributed by atoms with van der Waals surface area (Å²) in [4.78, 5) is 25.5. The lowest BCUT2D eigenvalue weighted by Gasteiger charge is -1.98. The fourth-order valence-corrected chi connectivity index (χ4v) is 2.11. The average Bonchev–Trinajstić information content (AvgIpc) is 2.78. The molecule has 0 aliphatic carbocycles. The van der Waals surface area contributed by atoms with E-state index in [1.807, 2.05) is 0 Å². The van der Waals surface area contributed by atoms with Crippen molar-refractivity contribution >= 4 is 22.6 Å². The summed E-state index contributed by atoms with van der Waals surface area (Å²) in [6.45, 7) is 0. The van der Waals surface area contributed by atoms with Crippen molar-refractivity contribution in [1.29, 1.82) is 0 Å². The number of pyridine rings is 1. The standard InChI is InChI=1S/C10H6N2O3S/c13-6-7-2-1-5-11-10(7)8-3-4-9(16-8)12(14)15/h1-6H. The Labute approximate surface area is 94.5 Å². The van der Waals surface area contributed by atoms with Gasteiger partial charge in [-0.1, -0.05) is 11.3 Å². The molecule has 6 heteroatoms. The molecule has 0 aliphatic heterocycles. The average molecular weight is 234 g/mol. The van der Waals surface area contributed by atoms with Crippen LogP contribution >= 0.6 is 11.3 Å². The zero-order valence-electron chi connectivity index (χ0n) is 7.99. The molecule has 0 aliphatic rings. The van der Waals surface area contributed by atoms with Crippen molar-refractivity contribution in [3.05, 3.63) is 46.1 Å². The van der Waals surface area contributed by atoms with Crippen LogP contribution in [0.4, 0.5) is 5.00 Å². The van der Waals surface area contributed by atoms with Crippen molar-refractivity contribution in [2.45, 2.75) is 0 Å². The molecule has 0 N–H and O–H groups in total. The highest BCUT2D eigenvalue weighted by atomic mass is 32.1. The summed E-state index contributed by atoms with van der Waals surface area (Å²) in [6, 6.07) is 6.28. The lowest BCUT2D eigenvalue weighted by Crippen LogP contribution is -1.88. The third kappa shape index (κ3) is 1.82. The van der Waals surface area contributed by atoms with Crippen LogP contribution in [0.15, 0.2) is 30.5 Å². The molecule has 0 saturated carbocycles. The number of aromatic nitrogens is 1. The lowest BCUT2D eigenvalue weighted by molar-refractivity contribution is -0.380. The van der Waals surface area contributed by atoms with Crippen LogP contribution in [-0.4, -0.2) is 16.2 Å². The van der Waals surface area contributed by atoms with E-state index in [1.165, 1.54) is 6.07 Å². The van der Waals surface area contributed by atoms with E-state index in [0.717, 1.165) is 11.3 Å². The Morgan fingerprint density at radius 3 is 2.81 bits per heavy atom. The summed E-state index contributed by atoms with van der Waals surface area (Å²) in [6.07, 6.45) is 2.24. The molecule has 80 valence electrons. The van der Waals surface area contributed by atoms with Gasteiger partial charge in [0.05, 0.1) is 15.5 Å². The maximum absolute atomic E-state index is 10.8. The molecule has 0 unspecified atom stereocenters. The monoisotopic (exact) mass is 234 g/mol. The lowest BCUT2D eigenvalue weighted by atomic mass is 10.2. The summed E-state index contributed by atoms with van der Waals surface area (Å²) in [5.41, 5.74) is 0.912. The summed E-state index contributed by atoms with van der Waals surface area (Å²) in [5, 5.41) is 10.6. The second kappa shape index (κ2) is 4.19. The summed E-state index contributed by atoms with van der Waals surface area (Å²) in [5.74, 6) is 0. The van der Waals surface area contributed by atoms with Crippen LogP contribution in [0.1, 0.15) is 10.4 Å². The number of rotatable bonds is 3. The van der Waals surface area contributed by atoms with E-state index >= 15 is 0 Å². The molecule has 5 nitrogen and oxygen atoms in total. The zero-order chi connectivity index (χ0) is 11.5. The van der Waals surface area contributed by atoms with Gasteiger partial charge in [0.1, 0.15) is 0 Å². The molecule has 0 amide bonds. The zero-order valence-corrected chi connectivity index (χ0v) is 8.81. The SMILES string of the molecule is O=Cc1cccnc1-c1ccc([N+](=O)[O-])s1. The van der Waals surface area contributed by atoms with E-state index in [0.29, 0.717) is 22.4 Å². The maximum atomic E-state index is 10.8. The minimum atomic E-state index is -0.461. The second-order valence-corrected chi connectivity index (χ2v) is 4.02. The van der Waals surface area contributed by atoms with Crippen LogP contribution in [-0.2, 0) is 0 Å². The first-order valence-corrected chi connectivity index (χ1v) is 5.19. The van der Waals surface area contributed by atoms with Crippen molar-refractivity contribution in [2.24, 2.45) is 0 Å². The second-order valence-electron chi connectivity index (χ2n) is 2.95. The fourth-order valence-electron chi connectivity index (χ4n) is 1.27. The normalized spacial score (nSPS) is 10.0. The third-order valence-corrected chi connectivity index (χ3v) is 3.01. The molecule has 2 aromatic heterocycles. The molecule has 2 aromatic rings. The first-order valence-electron chi connectivity index (χ1n) is 4.37. The van der Waals surface area contributed by atoms with Gasteiger partial charge in [0, 0.05) is 17.8 Å². The van der Waals surface area contributed by atoms with Crippen molar-refractivity contribution in [3.8, 4) is 10.6 Å². The van der Waals surface area contributed by atoms with Gasteiger partial charge < -0.3 is 0 Å². The molecule has 2 heterocycles. The highest BCUT2D eigenvalue weighted by molar-refractivity contribution is 7.18. The summed E-state index contributed by atoms with van der Waals surface area (Å²) >= 11 is 1.00. The molecule has 0 fully saturated rings. The van der Waals surface area contributed by atoms with Crippen LogP contribution in [0.25, 0.3) is 10.6 Å². The molecular weight excluding hydrogens is 228 g/mol. The van der Waals surface area contributed by atoms with Crippen LogP contribution < -0.4 is 0 Å². The Kier molecular flexibility index (Phi) is 2.74. The summed E-state index contributed by atoms with van der Waals surface area (Å²) in [7, 11) is 0. The van der Waals surface area contributed by atoms with Gasteiger partial charge in [-0.15, -0.1) is 0 Å². The van der Waals surface area contributed by atoms with Crippen LogP contribution in [0.2, 0.25) is 0 Å². The topological polar surface area (TPSA) is 73.1 Å². The van der Waals surface area contributed by atoms with E-state index in [2.05, 4.69) is 4.98 Å². The van der Waals surface area contributed by atoms with Gasteiger partial charge in [0.25, 0.3) is 0 Å². The molecule has 0 bridgehead atoms. The highest BCUT2D eigenvalue weighted by Gasteiger charge is 2.13. The van der Waals surface area contributed by atoms with Crippen molar-refractivity contribution in [2.75, 3.05) is 0 Å². The van der Waals surface area contributed by atoms with Crippen molar-refractivity contribution in [3.63, 3.8) is 0 Å². The van der Waals surface area contributed by atoms with Crippen LogP contribution in [0.5, 0.6) is 0 Å². The number of aldehydes is 1. The Morgan fingerprint density at radius 2 is 2.19 bits per heavy atom.